The molecule has 0 saturated carbocycles. The highest BCUT2D eigenvalue weighted by Gasteiger charge is 2.22. The maximum absolute atomic E-state index is 12.2. The molecule has 4 heterocycles. The first-order valence-corrected chi connectivity index (χ1v) is 18.9. The minimum absolute atomic E-state index is 0.328. The number of furan rings is 2. The molecule has 0 saturated heterocycles. The van der Waals surface area contributed by atoms with Crippen LogP contribution >= 0.6 is 0 Å². The van der Waals surface area contributed by atoms with Crippen molar-refractivity contribution >= 4 is 43.9 Å². The van der Waals surface area contributed by atoms with E-state index in [9.17, 15) is 9.59 Å². The van der Waals surface area contributed by atoms with Gasteiger partial charge in [0.15, 0.2) is 0 Å². The van der Waals surface area contributed by atoms with Gasteiger partial charge in [-0.2, -0.15) is 0 Å². The predicted octanol–water partition coefficient (Wildman–Crippen LogP) is 7.84. The number of rotatable bonds is 16. The molecule has 0 unspecified atom stereocenters. The fourth-order valence-corrected chi connectivity index (χ4v) is 8.09. The first-order chi connectivity index (χ1) is 25.2. The third kappa shape index (κ3) is 8.31. The molecular weight excluding hydrogens is 668 g/mol. The predicted molar refractivity (Wildman–Crippen MR) is 214 cm³/mol. The second-order valence-corrected chi connectivity index (χ2v) is 15.5. The molecule has 0 spiro atoms. The standard InChI is InChI=1S/C43H56N4O6/c1-26-20-36(48)52-42-30(5)40-32(22-28(3)50-40)34(38(26)42)24-46(9)18-12-16-44(7)14-11-15-45(8)17-13-19-47(10)25-35-33-23-29(4)51-41(33)31(6)43-39(35)27(2)21-37(49)53-43/h20-23H,11-19,24-25H2,1-10H3. The van der Waals surface area contributed by atoms with E-state index in [4.69, 9.17) is 17.7 Å². The van der Waals surface area contributed by atoms with Gasteiger partial charge in [0.2, 0.25) is 0 Å². The van der Waals surface area contributed by atoms with Crippen molar-refractivity contribution < 1.29 is 17.7 Å². The van der Waals surface area contributed by atoms with Crippen LogP contribution in [-0.2, 0) is 13.1 Å². The molecular formula is C43H56N4O6. The van der Waals surface area contributed by atoms with E-state index in [0.717, 1.165) is 149 Å². The molecule has 6 rings (SSSR count). The highest BCUT2D eigenvalue weighted by molar-refractivity contribution is 6.03. The summed E-state index contributed by atoms with van der Waals surface area (Å²) in [6.45, 7) is 19.4. The van der Waals surface area contributed by atoms with Gasteiger partial charge in [-0.25, -0.2) is 9.59 Å². The molecule has 0 bridgehead atoms. The molecule has 284 valence electrons. The quantitative estimate of drug-likeness (QED) is 0.0919. The normalized spacial score (nSPS) is 12.5. The van der Waals surface area contributed by atoms with Crippen LogP contribution < -0.4 is 11.3 Å². The molecule has 10 heteroatoms. The van der Waals surface area contributed by atoms with Crippen molar-refractivity contribution in [3.05, 3.63) is 90.0 Å². The van der Waals surface area contributed by atoms with E-state index < -0.39 is 0 Å². The van der Waals surface area contributed by atoms with Crippen LogP contribution in [0.3, 0.4) is 0 Å². The summed E-state index contributed by atoms with van der Waals surface area (Å²) >= 11 is 0. The molecule has 4 aromatic heterocycles. The van der Waals surface area contributed by atoms with Gasteiger partial charge in [-0.1, -0.05) is 0 Å². The lowest BCUT2D eigenvalue weighted by atomic mass is 9.97. The highest BCUT2D eigenvalue weighted by atomic mass is 16.4. The smallest absolute Gasteiger partial charge is 0.336 e. The number of benzene rings is 2. The van der Waals surface area contributed by atoms with E-state index in [1.165, 1.54) is 0 Å². The Morgan fingerprint density at radius 2 is 0.792 bits per heavy atom. The van der Waals surface area contributed by atoms with Gasteiger partial charge in [0.05, 0.1) is 0 Å². The van der Waals surface area contributed by atoms with Gasteiger partial charge in [0.1, 0.15) is 33.9 Å². The van der Waals surface area contributed by atoms with E-state index in [1.807, 2.05) is 41.5 Å². The Labute approximate surface area is 311 Å². The lowest BCUT2D eigenvalue weighted by Gasteiger charge is -2.23. The molecule has 53 heavy (non-hydrogen) atoms. The van der Waals surface area contributed by atoms with E-state index >= 15 is 0 Å². The number of nitrogens with zero attached hydrogens (tertiary/aromatic N) is 4. The van der Waals surface area contributed by atoms with Gasteiger partial charge in [0.25, 0.3) is 0 Å². The second kappa shape index (κ2) is 16.0. The molecule has 0 atom stereocenters. The maximum Gasteiger partial charge on any atom is 0.336 e. The second-order valence-electron chi connectivity index (χ2n) is 15.5. The third-order valence-corrected chi connectivity index (χ3v) is 10.7. The van der Waals surface area contributed by atoms with Crippen molar-refractivity contribution in [2.45, 2.75) is 73.9 Å². The molecule has 0 radical (unpaired) electrons. The Kier molecular flexibility index (Phi) is 11.6. The van der Waals surface area contributed by atoms with Gasteiger partial charge in [-0.15, -0.1) is 0 Å². The number of hydrogen-bond acceptors (Lipinski definition) is 10. The molecule has 0 amide bonds. The fraction of sp³-hybridized carbons (Fsp3) is 0.488. The summed E-state index contributed by atoms with van der Waals surface area (Å²) in [5, 5.41) is 4.24. The largest absolute Gasteiger partial charge is 0.461 e. The van der Waals surface area contributed by atoms with Crippen molar-refractivity contribution in [2.75, 3.05) is 67.5 Å². The molecule has 0 N–H and O–H groups in total. The van der Waals surface area contributed by atoms with Gasteiger partial charge in [0, 0.05) is 57.9 Å². The number of aryl methyl sites for hydroxylation is 6. The lowest BCUT2D eigenvalue weighted by molar-refractivity contribution is 0.245. The van der Waals surface area contributed by atoms with Crippen LogP contribution in [0.5, 0.6) is 0 Å². The Hall–Kier alpha value is -4.22. The molecule has 2 aromatic carbocycles. The molecule has 0 fully saturated rings. The molecule has 0 aliphatic carbocycles. The van der Waals surface area contributed by atoms with E-state index in [0.29, 0.717) is 11.2 Å². The SMILES string of the molecule is Cc1cc2c(CN(C)CCCN(C)CCCN(C)CCCN(C)Cc3c4cc(C)oc4c(C)c4oc(=O)cc(C)c34)c3c(C)cc(=O)oc3c(C)c2o1. The molecule has 6 aromatic rings. The van der Waals surface area contributed by atoms with Crippen LogP contribution in [0.1, 0.15) is 64.2 Å². The van der Waals surface area contributed by atoms with Crippen LogP contribution in [0, 0.1) is 41.5 Å². The van der Waals surface area contributed by atoms with Gasteiger partial charge >= 0.3 is 11.3 Å². The average molecular weight is 725 g/mol. The van der Waals surface area contributed by atoms with E-state index in [-0.39, 0.29) is 11.3 Å². The van der Waals surface area contributed by atoms with E-state index in [2.05, 4.69) is 59.9 Å². The Morgan fingerprint density at radius 3 is 1.15 bits per heavy atom. The topological polar surface area (TPSA) is 99.7 Å². The zero-order chi connectivity index (χ0) is 38.1. The summed E-state index contributed by atoms with van der Waals surface area (Å²) in [7, 11) is 8.75. The van der Waals surface area contributed by atoms with Crippen molar-refractivity contribution in [1.82, 2.24) is 19.6 Å². The summed E-state index contributed by atoms with van der Waals surface area (Å²) in [5.41, 5.74) is 8.16. The summed E-state index contributed by atoms with van der Waals surface area (Å²) < 4.78 is 23.5. The zero-order valence-corrected chi connectivity index (χ0v) is 33.3. The van der Waals surface area contributed by atoms with Gasteiger partial charge in [-0.3, -0.25) is 0 Å². The number of hydrogen-bond donors (Lipinski definition) is 0. The van der Waals surface area contributed by atoms with Crippen molar-refractivity contribution in [2.24, 2.45) is 0 Å². The van der Waals surface area contributed by atoms with Crippen molar-refractivity contribution in [3.63, 3.8) is 0 Å². The summed E-state index contributed by atoms with van der Waals surface area (Å²) in [5.74, 6) is 1.71. The lowest BCUT2D eigenvalue weighted by Crippen LogP contribution is -2.30. The van der Waals surface area contributed by atoms with E-state index in [1.54, 1.807) is 12.1 Å². The van der Waals surface area contributed by atoms with Gasteiger partial charge in [-0.05, 0) is 163 Å². The van der Waals surface area contributed by atoms with Crippen LogP contribution in [0.4, 0.5) is 0 Å². The Balaban J connectivity index is 0.948. The molecule has 0 aliphatic rings. The highest BCUT2D eigenvalue weighted by Crippen LogP contribution is 2.37. The number of fused-ring (bicyclic) bond motifs is 4. The average Bonchev–Trinajstić information content (AvgIpc) is 3.67. The summed E-state index contributed by atoms with van der Waals surface area (Å²) in [6, 6.07) is 7.39. The molecule has 0 aliphatic heterocycles. The first kappa shape index (κ1) is 38.5. The minimum atomic E-state index is -0.328. The summed E-state index contributed by atoms with van der Waals surface area (Å²) in [6.07, 6.45) is 3.24. The van der Waals surface area contributed by atoms with Crippen LogP contribution in [0.15, 0.2) is 51.5 Å². The van der Waals surface area contributed by atoms with Crippen LogP contribution in [0.25, 0.3) is 43.9 Å². The minimum Gasteiger partial charge on any atom is -0.461 e. The monoisotopic (exact) mass is 724 g/mol. The molecule has 10 nitrogen and oxygen atoms in total. The first-order valence-electron chi connectivity index (χ1n) is 18.9. The summed E-state index contributed by atoms with van der Waals surface area (Å²) in [4.78, 5) is 34.1. The van der Waals surface area contributed by atoms with Crippen molar-refractivity contribution in [1.29, 1.82) is 0 Å². The Morgan fingerprint density at radius 1 is 0.453 bits per heavy atom. The van der Waals surface area contributed by atoms with Crippen LogP contribution in [-0.4, -0.2) is 87.1 Å². The zero-order valence-electron chi connectivity index (χ0n) is 33.3. The maximum atomic E-state index is 12.2. The van der Waals surface area contributed by atoms with Crippen LogP contribution in [0.2, 0.25) is 0 Å². The van der Waals surface area contributed by atoms with Gasteiger partial charge < -0.3 is 37.3 Å². The van der Waals surface area contributed by atoms with Crippen molar-refractivity contribution in [3.8, 4) is 0 Å². The fourth-order valence-electron chi connectivity index (χ4n) is 8.09. The Bertz CT molecular complexity index is 2220. The third-order valence-electron chi connectivity index (χ3n) is 10.7.